The molecule has 0 fully saturated rings. The standard InChI is InChI=1S/C10H11N5O2S2/c11-10(12)14-7-1-3-8(4-2-7)19(16,17)15-9-5-13-6-18-9/h1-6,15H,(H4,11,12,14). The Morgan fingerprint density at radius 3 is 2.53 bits per heavy atom. The van der Waals surface area contributed by atoms with Gasteiger partial charge in [0.05, 0.1) is 16.6 Å². The molecule has 7 nitrogen and oxygen atoms in total. The molecule has 0 atom stereocenters. The van der Waals surface area contributed by atoms with Gasteiger partial charge in [0.2, 0.25) is 0 Å². The van der Waals surface area contributed by atoms with Crippen molar-refractivity contribution in [3.05, 3.63) is 36.0 Å². The minimum Gasteiger partial charge on any atom is -0.370 e. The van der Waals surface area contributed by atoms with Crippen LogP contribution in [0.15, 0.2) is 40.9 Å². The van der Waals surface area contributed by atoms with E-state index in [1.165, 1.54) is 47.3 Å². The number of sulfonamides is 1. The van der Waals surface area contributed by atoms with Crippen molar-refractivity contribution in [2.45, 2.75) is 4.90 Å². The van der Waals surface area contributed by atoms with Crippen molar-refractivity contribution in [3.63, 3.8) is 0 Å². The molecular weight excluding hydrogens is 286 g/mol. The first kappa shape index (κ1) is 13.3. The van der Waals surface area contributed by atoms with Gasteiger partial charge in [0.15, 0.2) is 5.96 Å². The highest BCUT2D eigenvalue weighted by molar-refractivity contribution is 7.93. The maximum Gasteiger partial charge on any atom is 0.262 e. The van der Waals surface area contributed by atoms with Gasteiger partial charge in [-0.05, 0) is 24.3 Å². The Morgan fingerprint density at radius 1 is 1.32 bits per heavy atom. The number of aromatic nitrogens is 1. The summed E-state index contributed by atoms with van der Waals surface area (Å²) in [6.07, 6.45) is 1.44. The van der Waals surface area contributed by atoms with Crippen LogP contribution in [0.3, 0.4) is 0 Å². The van der Waals surface area contributed by atoms with E-state index in [9.17, 15) is 8.42 Å². The van der Waals surface area contributed by atoms with Crippen LogP contribution in [-0.4, -0.2) is 19.4 Å². The molecule has 0 aliphatic heterocycles. The van der Waals surface area contributed by atoms with Crippen molar-refractivity contribution in [2.24, 2.45) is 5.73 Å². The van der Waals surface area contributed by atoms with E-state index in [0.29, 0.717) is 10.7 Å². The van der Waals surface area contributed by atoms with Crippen molar-refractivity contribution in [1.29, 1.82) is 5.41 Å². The third kappa shape index (κ3) is 3.42. The van der Waals surface area contributed by atoms with Crippen molar-refractivity contribution in [2.75, 3.05) is 10.0 Å². The first-order chi connectivity index (χ1) is 8.97. The van der Waals surface area contributed by atoms with Crippen LogP contribution in [0.1, 0.15) is 0 Å². The number of nitrogens with one attached hydrogen (secondary N) is 3. The number of guanidine groups is 1. The van der Waals surface area contributed by atoms with Gasteiger partial charge in [-0.3, -0.25) is 15.1 Å². The fourth-order valence-electron chi connectivity index (χ4n) is 1.33. The molecule has 0 bridgehead atoms. The zero-order chi connectivity index (χ0) is 13.9. The summed E-state index contributed by atoms with van der Waals surface area (Å²) in [5.74, 6) is -0.210. The topological polar surface area (TPSA) is 121 Å². The lowest BCUT2D eigenvalue weighted by molar-refractivity contribution is 0.601. The maximum absolute atomic E-state index is 12.0. The molecule has 100 valence electrons. The van der Waals surface area contributed by atoms with Gasteiger partial charge in [-0.1, -0.05) is 0 Å². The Morgan fingerprint density at radius 2 is 2.00 bits per heavy atom. The zero-order valence-corrected chi connectivity index (χ0v) is 11.3. The Hall–Kier alpha value is -2.13. The molecule has 19 heavy (non-hydrogen) atoms. The van der Waals surface area contributed by atoms with Gasteiger partial charge < -0.3 is 11.1 Å². The molecule has 1 heterocycles. The summed E-state index contributed by atoms with van der Waals surface area (Å²) in [6, 6.07) is 5.91. The fourth-order valence-corrected chi connectivity index (χ4v) is 3.14. The van der Waals surface area contributed by atoms with E-state index in [-0.39, 0.29) is 10.9 Å². The lowest BCUT2D eigenvalue weighted by Gasteiger charge is -2.07. The van der Waals surface area contributed by atoms with Crippen LogP contribution in [0.4, 0.5) is 10.7 Å². The average Bonchev–Trinajstić information content (AvgIpc) is 2.81. The monoisotopic (exact) mass is 297 g/mol. The van der Waals surface area contributed by atoms with Crippen molar-refractivity contribution < 1.29 is 8.42 Å². The van der Waals surface area contributed by atoms with Gasteiger partial charge in [0.1, 0.15) is 5.00 Å². The Kier molecular flexibility index (Phi) is 3.67. The number of thiazole rings is 1. The second-order valence-corrected chi connectivity index (χ2v) is 6.10. The largest absolute Gasteiger partial charge is 0.370 e. The van der Waals surface area contributed by atoms with Crippen LogP contribution in [0.2, 0.25) is 0 Å². The summed E-state index contributed by atoms with van der Waals surface area (Å²) in [6.45, 7) is 0. The van der Waals surface area contributed by atoms with E-state index >= 15 is 0 Å². The van der Waals surface area contributed by atoms with E-state index < -0.39 is 10.0 Å². The van der Waals surface area contributed by atoms with Gasteiger partial charge in [0.25, 0.3) is 10.0 Å². The predicted octanol–water partition coefficient (Wildman–Crippen LogP) is 1.25. The van der Waals surface area contributed by atoms with Crippen LogP contribution in [0.25, 0.3) is 0 Å². The SMILES string of the molecule is N=C(N)Nc1ccc(S(=O)(=O)Nc2cncs2)cc1. The number of anilines is 2. The first-order valence-electron chi connectivity index (χ1n) is 5.10. The normalized spacial score (nSPS) is 10.9. The highest BCUT2D eigenvalue weighted by Gasteiger charge is 2.14. The molecule has 0 aliphatic carbocycles. The van der Waals surface area contributed by atoms with Crippen LogP contribution in [0.5, 0.6) is 0 Å². The fraction of sp³-hybridized carbons (Fsp3) is 0. The highest BCUT2D eigenvalue weighted by Crippen LogP contribution is 2.20. The van der Waals surface area contributed by atoms with E-state index in [1.54, 1.807) is 0 Å². The molecule has 1 aromatic carbocycles. The summed E-state index contributed by atoms with van der Waals surface area (Å²) in [5, 5.41) is 10.1. The molecule has 5 N–H and O–H groups in total. The molecule has 9 heteroatoms. The van der Waals surface area contributed by atoms with Gasteiger partial charge >= 0.3 is 0 Å². The van der Waals surface area contributed by atoms with E-state index in [1.807, 2.05) is 0 Å². The Balaban J connectivity index is 2.19. The minimum absolute atomic E-state index is 0.120. The summed E-state index contributed by atoms with van der Waals surface area (Å²) >= 11 is 1.20. The third-order valence-corrected chi connectivity index (χ3v) is 4.31. The Bertz CT molecular complexity index is 664. The molecular formula is C10H11N5O2S2. The molecule has 0 amide bonds. The second kappa shape index (κ2) is 5.24. The summed E-state index contributed by atoms with van der Waals surface area (Å²) in [5.41, 5.74) is 7.26. The highest BCUT2D eigenvalue weighted by atomic mass is 32.2. The van der Waals surface area contributed by atoms with Crippen LogP contribution < -0.4 is 15.8 Å². The lowest BCUT2D eigenvalue weighted by atomic mass is 10.3. The summed E-state index contributed by atoms with van der Waals surface area (Å²) in [4.78, 5) is 3.91. The molecule has 2 rings (SSSR count). The molecule has 1 aromatic heterocycles. The van der Waals surface area contributed by atoms with Crippen molar-refractivity contribution in [1.82, 2.24) is 4.98 Å². The Labute approximate surface area is 114 Å². The number of hydrogen-bond donors (Lipinski definition) is 4. The van der Waals surface area contributed by atoms with Gasteiger partial charge in [-0.2, -0.15) is 0 Å². The van der Waals surface area contributed by atoms with Crippen LogP contribution in [-0.2, 0) is 10.0 Å². The number of nitrogens with zero attached hydrogens (tertiary/aromatic N) is 1. The minimum atomic E-state index is -3.62. The van der Waals surface area contributed by atoms with E-state index in [4.69, 9.17) is 11.1 Å². The third-order valence-electron chi connectivity index (χ3n) is 2.11. The summed E-state index contributed by atoms with van der Waals surface area (Å²) < 4.78 is 26.4. The van der Waals surface area contributed by atoms with E-state index in [0.717, 1.165) is 0 Å². The van der Waals surface area contributed by atoms with Gasteiger partial charge in [-0.25, -0.2) is 8.42 Å². The number of benzene rings is 1. The second-order valence-electron chi connectivity index (χ2n) is 3.53. The first-order valence-corrected chi connectivity index (χ1v) is 7.46. The molecule has 0 unspecified atom stereocenters. The van der Waals surface area contributed by atoms with Gasteiger partial charge in [0, 0.05) is 5.69 Å². The van der Waals surface area contributed by atoms with Crippen molar-refractivity contribution >= 4 is 38.0 Å². The molecule has 0 aliphatic rings. The number of nitrogens with two attached hydrogens (primary N) is 1. The predicted molar refractivity (Wildman–Crippen MR) is 74.9 cm³/mol. The zero-order valence-electron chi connectivity index (χ0n) is 9.62. The molecule has 0 spiro atoms. The molecule has 0 saturated carbocycles. The van der Waals surface area contributed by atoms with E-state index in [2.05, 4.69) is 15.0 Å². The smallest absolute Gasteiger partial charge is 0.262 e. The van der Waals surface area contributed by atoms with Crippen LogP contribution in [0, 0.1) is 5.41 Å². The maximum atomic E-state index is 12.0. The number of rotatable bonds is 4. The molecule has 0 saturated heterocycles. The van der Waals surface area contributed by atoms with Crippen LogP contribution >= 0.6 is 11.3 Å². The molecule has 0 radical (unpaired) electrons. The summed E-state index contributed by atoms with van der Waals surface area (Å²) in [7, 11) is -3.62. The van der Waals surface area contributed by atoms with Gasteiger partial charge in [-0.15, -0.1) is 11.3 Å². The average molecular weight is 297 g/mol. The van der Waals surface area contributed by atoms with Crippen molar-refractivity contribution in [3.8, 4) is 0 Å². The number of hydrogen-bond acceptors (Lipinski definition) is 5. The quantitative estimate of drug-likeness (QED) is 0.500. The molecule has 2 aromatic rings. The lowest BCUT2D eigenvalue weighted by Crippen LogP contribution is -2.20.